The van der Waals surface area contributed by atoms with Gasteiger partial charge in [0, 0.05) is 28.5 Å². The SMILES string of the molecule is O=C(c1cc(F)cc(Br)c1)N(CCCl)C1CCCC1. The third kappa shape index (κ3) is 3.69. The Labute approximate surface area is 126 Å². The highest BCUT2D eigenvalue weighted by atomic mass is 79.9. The zero-order chi connectivity index (χ0) is 13.8. The quantitative estimate of drug-likeness (QED) is 0.746. The van der Waals surface area contributed by atoms with E-state index in [2.05, 4.69) is 15.9 Å². The van der Waals surface area contributed by atoms with E-state index in [9.17, 15) is 9.18 Å². The van der Waals surface area contributed by atoms with Crippen molar-refractivity contribution in [3.05, 3.63) is 34.1 Å². The molecule has 5 heteroatoms. The molecule has 1 fully saturated rings. The normalized spacial score (nSPS) is 15.7. The number of carbonyl (C=O) groups excluding carboxylic acids is 1. The molecule has 0 spiro atoms. The molecule has 0 N–H and O–H groups in total. The molecule has 1 saturated carbocycles. The number of hydrogen-bond donors (Lipinski definition) is 0. The molecule has 19 heavy (non-hydrogen) atoms. The van der Waals surface area contributed by atoms with E-state index in [1.807, 2.05) is 0 Å². The molecule has 0 radical (unpaired) electrons. The Morgan fingerprint density at radius 2 is 2.05 bits per heavy atom. The van der Waals surface area contributed by atoms with E-state index in [1.54, 1.807) is 11.0 Å². The van der Waals surface area contributed by atoms with E-state index < -0.39 is 5.82 Å². The summed E-state index contributed by atoms with van der Waals surface area (Å²) in [6.45, 7) is 0.513. The Morgan fingerprint density at radius 1 is 1.37 bits per heavy atom. The van der Waals surface area contributed by atoms with E-state index in [0.29, 0.717) is 22.5 Å². The van der Waals surface area contributed by atoms with Gasteiger partial charge in [0.05, 0.1) is 0 Å². The third-order valence-corrected chi connectivity index (χ3v) is 4.09. The molecule has 0 heterocycles. The highest BCUT2D eigenvalue weighted by Crippen LogP contribution is 2.26. The monoisotopic (exact) mass is 347 g/mol. The van der Waals surface area contributed by atoms with Crippen LogP contribution < -0.4 is 0 Å². The lowest BCUT2D eigenvalue weighted by molar-refractivity contribution is 0.0694. The molecule has 0 saturated heterocycles. The first kappa shape index (κ1) is 14.8. The molecule has 0 aliphatic heterocycles. The van der Waals surface area contributed by atoms with Crippen LogP contribution in [-0.2, 0) is 0 Å². The van der Waals surface area contributed by atoms with Gasteiger partial charge in [0.2, 0.25) is 0 Å². The van der Waals surface area contributed by atoms with Gasteiger partial charge < -0.3 is 4.90 Å². The molecule has 0 unspecified atom stereocenters. The summed E-state index contributed by atoms with van der Waals surface area (Å²) >= 11 is 9.01. The van der Waals surface area contributed by atoms with E-state index in [-0.39, 0.29) is 11.9 Å². The molecule has 1 amide bonds. The fourth-order valence-corrected chi connectivity index (χ4v) is 3.25. The second kappa shape index (κ2) is 6.71. The van der Waals surface area contributed by atoms with Gasteiger partial charge in [0.25, 0.3) is 5.91 Å². The van der Waals surface area contributed by atoms with Crippen LogP contribution in [0.15, 0.2) is 22.7 Å². The van der Waals surface area contributed by atoms with E-state index in [0.717, 1.165) is 25.7 Å². The van der Waals surface area contributed by atoms with Crippen LogP contribution in [0, 0.1) is 5.82 Å². The molecule has 0 atom stereocenters. The van der Waals surface area contributed by atoms with Gasteiger partial charge in [-0.15, -0.1) is 11.6 Å². The van der Waals surface area contributed by atoms with Gasteiger partial charge >= 0.3 is 0 Å². The highest BCUT2D eigenvalue weighted by Gasteiger charge is 2.27. The minimum Gasteiger partial charge on any atom is -0.334 e. The second-order valence-electron chi connectivity index (χ2n) is 4.78. The fraction of sp³-hybridized carbons (Fsp3) is 0.500. The molecule has 104 valence electrons. The topological polar surface area (TPSA) is 20.3 Å². The minimum absolute atomic E-state index is 0.132. The van der Waals surface area contributed by atoms with Gasteiger partial charge in [-0.2, -0.15) is 0 Å². The van der Waals surface area contributed by atoms with E-state index in [4.69, 9.17) is 11.6 Å². The third-order valence-electron chi connectivity index (χ3n) is 3.46. The van der Waals surface area contributed by atoms with Crippen LogP contribution in [0.3, 0.4) is 0 Å². The average Bonchev–Trinajstić information content (AvgIpc) is 2.87. The predicted octanol–water partition coefficient (Wildman–Crippen LogP) is 4.21. The lowest BCUT2D eigenvalue weighted by atomic mass is 10.1. The number of carbonyl (C=O) groups is 1. The average molecular weight is 349 g/mol. The Bertz CT molecular complexity index is 443. The lowest BCUT2D eigenvalue weighted by Crippen LogP contribution is -2.40. The Kier molecular flexibility index (Phi) is 5.22. The second-order valence-corrected chi connectivity index (χ2v) is 6.08. The zero-order valence-corrected chi connectivity index (χ0v) is 12.9. The molecule has 1 aliphatic carbocycles. The number of rotatable bonds is 4. The van der Waals surface area contributed by atoms with Crippen molar-refractivity contribution in [1.29, 1.82) is 0 Å². The molecule has 1 aromatic rings. The Balaban J connectivity index is 2.22. The molecule has 2 nitrogen and oxygen atoms in total. The first-order valence-electron chi connectivity index (χ1n) is 6.45. The van der Waals surface area contributed by atoms with Crippen molar-refractivity contribution in [1.82, 2.24) is 4.90 Å². The smallest absolute Gasteiger partial charge is 0.254 e. The summed E-state index contributed by atoms with van der Waals surface area (Å²) in [5.41, 5.74) is 0.379. The van der Waals surface area contributed by atoms with Gasteiger partial charge in [0.15, 0.2) is 0 Å². The Hall–Kier alpha value is -0.610. The van der Waals surface area contributed by atoms with E-state index >= 15 is 0 Å². The van der Waals surface area contributed by atoms with Crippen molar-refractivity contribution >= 4 is 33.4 Å². The lowest BCUT2D eigenvalue weighted by Gasteiger charge is -2.28. The maximum atomic E-state index is 13.4. The van der Waals surface area contributed by atoms with Crippen molar-refractivity contribution in [3.8, 4) is 0 Å². The van der Waals surface area contributed by atoms with Crippen molar-refractivity contribution in [3.63, 3.8) is 0 Å². The van der Waals surface area contributed by atoms with Crippen LogP contribution in [0.4, 0.5) is 4.39 Å². The largest absolute Gasteiger partial charge is 0.334 e. The summed E-state index contributed by atoms with van der Waals surface area (Å²) in [5, 5.41) is 0. The first-order valence-corrected chi connectivity index (χ1v) is 7.77. The van der Waals surface area contributed by atoms with Crippen molar-refractivity contribution in [2.45, 2.75) is 31.7 Å². The van der Waals surface area contributed by atoms with Crippen LogP contribution >= 0.6 is 27.5 Å². The fourth-order valence-electron chi connectivity index (χ4n) is 2.60. The number of nitrogens with zero attached hydrogens (tertiary/aromatic N) is 1. The number of amides is 1. The molecule has 0 aromatic heterocycles. The first-order chi connectivity index (χ1) is 9.11. The van der Waals surface area contributed by atoms with Gasteiger partial charge in [-0.05, 0) is 31.0 Å². The van der Waals surface area contributed by atoms with Gasteiger partial charge in [0.1, 0.15) is 5.82 Å². The predicted molar refractivity (Wildman–Crippen MR) is 78.1 cm³/mol. The summed E-state index contributed by atoms with van der Waals surface area (Å²) in [7, 11) is 0. The highest BCUT2D eigenvalue weighted by molar-refractivity contribution is 9.10. The van der Waals surface area contributed by atoms with Crippen LogP contribution in [0.1, 0.15) is 36.0 Å². The number of benzene rings is 1. The maximum Gasteiger partial charge on any atom is 0.254 e. The van der Waals surface area contributed by atoms with Crippen molar-refractivity contribution in [2.24, 2.45) is 0 Å². The van der Waals surface area contributed by atoms with Gasteiger partial charge in [-0.25, -0.2) is 4.39 Å². The van der Waals surface area contributed by atoms with Crippen molar-refractivity contribution in [2.75, 3.05) is 12.4 Å². The van der Waals surface area contributed by atoms with Crippen LogP contribution in [0.5, 0.6) is 0 Å². The zero-order valence-electron chi connectivity index (χ0n) is 10.5. The summed E-state index contributed by atoms with van der Waals surface area (Å²) in [5.74, 6) is -0.138. The molecule has 1 aliphatic rings. The number of hydrogen-bond acceptors (Lipinski definition) is 1. The van der Waals surface area contributed by atoms with Crippen LogP contribution in [0.2, 0.25) is 0 Å². The summed E-state index contributed by atoms with van der Waals surface area (Å²) in [4.78, 5) is 14.3. The molecule has 0 bridgehead atoms. The van der Waals surface area contributed by atoms with Gasteiger partial charge in [-0.3, -0.25) is 4.79 Å². The standard InChI is InChI=1S/C14H16BrClFNO/c15-11-7-10(8-12(17)9-11)14(19)18(6-5-16)13-3-1-2-4-13/h7-9,13H,1-6H2. The summed E-state index contributed by atoms with van der Waals surface area (Å²) in [6.07, 6.45) is 4.31. The minimum atomic E-state index is -0.407. The van der Waals surface area contributed by atoms with E-state index in [1.165, 1.54) is 12.1 Å². The van der Waals surface area contributed by atoms with Crippen LogP contribution in [0.25, 0.3) is 0 Å². The van der Waals surface area contributed by atoms with Gasteiger partial charge in [-0.1, -0.05) is 28.8 Å². The maximum absolute atomic E-state index is 13.4. The Morgan fingerprint density at radius 3 is 2.63 bits per heavy atom. The molecule has 1 aromatic carbocycles. The molecule has 2 rings (SSSR count). The van der Waals surface area contributed by atoms with Crippen molar-refractivity contribution < 1.29 is 9.18 Å². The molecular weight excluding hydrogens is 333 g/mol. The van der Waals surface area contributed by atoms with Crippen LogP contribution in [-0.4, -0.2) is 29.3 Å². The number of alkyl halides is 1. The summed E-state index contributed by atoms with van der Waals surface area (Å²) in [6, 6.07) is 4.52. The molecular formula is C14H16BrClFNO. The number of halogens is 3. The summed E-state index contributed by atoms with van der Waals surface area (Å²) < 4.78 is 14.0.